The molecule has 1 aliphatic heterocycles. The summed E-state index contributed by atoms with van der Waals surface area (Å²) in [5.74, 6) is 0.529. The zero-order chi connectivity index (χ0) is 13.0. The molecule has 6 heteroatoms. The minimum atomic E-state index is -0.869. The van der Waals surface area contributed by atoms with E-state index in [1.54, 1.807) is 35.0 Å². The lowest BCUT2D eigenvalue weighted by atomic mass is 10.1. The fourth-order valence-corrected chi connectivity index (χ4v) is 3.01. The van der Waals surface area contributed by atoms with Crippen LogP contribution in [0.3, 0.4) is 0 Å². The largest absolute Gasteiger partial charge is 0.481 e. The highest BCUT2D eigenvalue weighted by molar-refractivity contribution is 7.99. The Morgan fingerprint density at radius 3 is 3.06 bits per heavy atom. The molecule has 1 fully saturated rings. The predicted molar refractivity (Wildman–Crippen MR) is 68.6 cm³/mol. The molecule has 0 radical (unpaired) electrons. The van der Waals surface area contributed by atoms with Crippen LogP contribution in [0, 0.1) is 0 Å². The average molecular weight is 266 g/mol. The molecule has 0 spiro atoms. The van der Waals surface area contributed by atoms with Gasteiger partial charge in [-0.2, -0.15) is 11.8 Å². The highest BCUT2D eigenvalue weighted by Crippen LogP contribution is 2.21. The van der Waals surface area contributed by atoms with E-state index in [1.165, 1.54) is 6.20 Å². The number of amides is 1. The first-order valence-corrected chi connectivity index (χ1v) is 6.84. The number of aromatic nitrogens is 1. The van der Waals surface area contributed by atoms with Crippen LogP contribution in [0.25, 0.3) is 0 Å². The number of carbonyl (C=O) groups is 2. The lowest BCUT2D eigenvalue weighted by Gasteiger charge is -2.34. The summed E-state index contributed by atoms with van der Waals surface area (Å²) in [6, 6.07) is 3.18. The van der Waals surface area contributed by atoms with E-state index < -0.39 is 5.97 Å². The Hall–Kier alpha value is -1.56. The van der Waals surface area contributed by atoms with E-state index in [0.717, 1.165) is 5.75 Å². The average Bonchev–Trinajstić information content (AvgIpc) is 2.39. The summed E-state index contributed by atoms with van der Waals surface area (Å²) in [7, 11) is 0. The molecular weight excluding hydrogens is 252 g/mol. The van der Waals surface area contributed by atoms with E-state index in [4.69, 9.17) is 5.11 Å². The third kappa shape index (κ3) is 3.01. The lowest BCUT2D eigenvalue weighted by molar-refractivity contribution is -0.138. The number of hydrogen-bond acceptors (Lipinski definition) is 4. The second kappa shape index (κ2) is 5.86. The van der Waals surface area contributed by atoms with Gasteiger partial charge in [-0.1, -0.05) is 0 Å². The fourth-order valence-electron chi connectivity index (χ4n) is 1.95. The zero-order valence-corrected chi connectivity index (χ0v) is 10.6. The summed E-state index contributed by atoms with van der Waals surface area (Å²) in [4.78, 5) is 28.7. The number of carbonyl (C=O) groups excluding carboxylic acids is 1. The molecule has 1 aromatic heterocycles. The molecular formula is C12H14N2O3S. The Bertz CT molecular complexity index is 438. The number of nitrogens with zero attached hydrogens (tertiary/aromatic N) is 2. The highest BCUT2D eigenvalue weighted by atomic mass is 32.2. The van der Waals surface area contributed by atoms with Gasteiger partial charge in [0.05, 0.1) is 18.0 Å². The summed E-state index contributed by atoms with van der Waals surface area (Å²) in [6.45, 7) is 0.594. The van der Waals surface area contributed by atoms with Gasteiger partial charge in [0.25, 0.3) is 5.91 Å². The summed E-state index contributed by atoms with van der Waals surface area (Å²) >= 11 is 1.69. The quantitative estimate of drug-likeness (QED) is 0.887. The van der Waals surface area contributed by atoms with Gasteiger partial charge in [-0.25, -0.2) is 0 Å². The van der Waals surface area contributed by atoms with Crippen molar-refractivity contribution in [3.63, 3.8) is 0 Å². The van der Waals surface area contributed by atoms with E-state index in [2.05, 4.69) is 4.98 Å². The van der Waals surface area contributed by atoms with E-state index in [-0.39, 0.29) is 18.4 Å². The van der Waals surface area contributed by atoms with Crippen LogP contribution in [0.15, 0.2) is 24.5 Å². The SMILES string of the molecule is O=C(O)CC1CSCCN1C(=O)c1cccnc1. The summed E-state index contributed by atoms with van der Waals surface area (Å²) in [5.41, 5.74) is 0.514. The molecule has 2 heterocycles. The number of thioether (sulfide) groups is 1. The van der Waals surface area contributed by atoms with Crippen LogP contribution >= 0.6 is 11.8 Å². The first kappa shape index (κ1) is 12.9. The number of pyridine rings is 1. The monoisotopic (exact) mass is 266 g/mol. The van der Waals surface area contributed by atoms with Crippen LogP contribution in [0.5, 0.6) is 0 Å². The standard InChI is InChI=1S/C12H14N2O3S/c15-11(16)6-10-8-18-5-4-14(10)12(17)9-2-1-3-13-7-9/h1-3,7,10H,4-6,8H2,(H,15,16). The van der Waals surface area contributed by atoms with Gasteiger partial charge in [-0.3, -0.25) is 14.6 Å². The number of carboxylic acids is 1. The topological polar surface area (TPSA) is 70.5 Å². The van der Waals surface area contributed by atoms with Gasteiger partial charge in [-0.15, -0.1) is 0 Å². The van der Waals surface area contributed by atoms with Crippen LogP contribution < -0.4 is 0 Å². The first-order valence-electron chi connectivity index (χ1n) is 5.69. The van der Waals surface area contributed by atoms with E-state index in [9.17, 15) is 9.59 Å². The lowest BCUT2D eigenvalue weighted by Crippen LogP contribution is -2.47. The third-order valence-corrected chi connectivity index (χ3v) is 3.90. The molecule has 0 aromatic carbocycles. The van der Waals surface area contributed by atoms with E-state index in [1.807, 2.05) is 0 Å². The van der Waals surface area contributed by atoms with Crippen molar-refractivity contribution in [3.05, 3.63) is 30.1 Å². The van der Waals surface area contributed by atoms with Crippen molar-refractivity contribution in [2.45, 2.75) is 12.5 Å². The number of hydrogen-bond donors (Lipinski definition) is 1. The molecule has 0 bridgehead atoms. The van der Waals surface area contributed by atoms with Crippen LogP contribution in [0.1, 0.15) is 16.8 Å². The van der Waals surface area contributed by atoms with Crippen molar-refractivity contribution in [1.29, 1.82) is 0 Å². The molecule has 5 nitrogen and oxygen atoms in total. The maximum atomic E-state index is 12.3. The third-order valence-electron chi connectivity index (χ3n) is 2.81. The van der Waals surface area contributed by atoms with Gasteiger partial charge in [0, 0.05) is 30.4 Å². The molecule has 0 saturated carbocycles. The van der Waals surface area contributed by atoms with Gasteiger partial charge in [-0.05, 0) is 12.1 Å². The number of rotatable bonds is 3. The smallest absolute Gasteiger partial charge is 0.305 e. The molecule has 96 valence electrons. The van der Waals surface area contributed by atoms with Crippen molar-refractivity contribution in [1.82, 2.24) is 9.88 Å². The molecule has 2 rings (SSSR count). The molecule has 0 aliphatic carbocycles. The van der Waals surface area contributed by atoms with Crippen molar-refractivity contribution < 1.29 is 14.7 Å². The van der Waals surface area contributed by atoms with Crippen molar-refractivity contribution in [2.75, 3.05) is 18.1 Å². The Balaban J connectivity index is 2.13. The first-order chi connectivity index (χ1) is 8.68. The molecule has 1 aromatic rings. The van der Waals surface area contributed by atoms with Gasteiger partial charge in [0.15, 0.2) is 0 Å². The van der Waals surface area contributed by atoms with Crippen molar-refractivity contribution in [3.8, 4) is 0 Å². The van der Waals surface area contributed by atoms with Crippen LogP contribution in [0.4, 0.5) is 0 Å². The molecule has 1 unspecified atom stereocenters. The van der Waals surface area contributed by atoms with Crippen LogP contribution in [0.2, 0.25) is 0 Å². The molecule has 1 amide bonds. The Morgan fingerprint density at radius 2 is 2.39 bits per heavy atom. The Morgan fingerprint density at radius 1 is 1.56 bits per heavy atom. The van der Waals surface area contributed by atoms with E-state index in [0.29, 0.717) is 17.9 Å². The molecule has 1 aliphatic rings. The minimum Gasteiger partial charge on any atom is -0.481 e. The Labute approximate surface area is 109 Å². The molecule has 1 N–H and O–H groups in total. The Kier molecular flexibility index (Phi) is 4.19. The summed E-state index contributed by atoms with van der Waals surface area (Å²) in [5, 5.41) is 8.88. The van der Waals surface area contributed by atoms with Gasteiger partial charge in [0.1, 0.15) is 0 Å². The zero-order valence-electron chi connectivity index (χ0n) is 9.78. The summed E-state index contributed by atoms with van der Waals surface area (Å²) < 4.78 is 0. The van der Waals surface area contributed by atoms with Gasteiger partial charge >= 0.3 is 5.97 Å². The maximum absolute atomic E-state index is 12.3. The number of aliphatic carboxylic acids is 1. The van der Waals surface area contributed by atoms with Gasteiger partial charge in [0.2, 0.25) is 0 Å². The van der Waals surface area contributed by atoms with Crippen molar-refractivity contribution >= 4 is 23.6 Å². The van der Waals surface area contributed by atoms with Crippen LogP contribution in [-0.4, -0.2) is 51.0 Å². The second-order valence-corrected chi connectivity index (χ2v) is 5.22. The normalized spacial score (nSPS) is 19.6. The van der Waals surface area contributed by atoms with Crippen molar-refractivity contribution in [2.24, 2.45) is 0 Å². The maximum Gasteiger partial charge on any atom is 0.305 e. The molecule has 18 heavy (non-hydrogen) atoms. The fraction of sp³-hybridized carbons (Fsp3) is 0.417. The molecule has 1 saturated heterocycles. The second-order valence-electron chi connectivity index (χ2n) is 4.07. The van der Waals surface area contributed by atoms with Crippen LogP contribution in [-0.2, 0) is 4.79 Å². The highest BCUT2D eigenvalue weighted by Gasteiger charge is 2.29. The van der Waals surface area contributed by atoms with E-state index >= 15 is 0 Å². The number of carboxylic acid groups (broad SMARTS) is 1. The summed E-state index contributed by atoms with van der Waals surface area (Å²) in [6.07, 6.45) is 3.12. The van der Waals surface area contributed by atoms with Gasteiger partial charge < -0.3 is 10.0 Å². The predicted octanol–water partition coefficient (Wildman–Crippen LogP) is 1.11. The minimum absolute atomic E-state index is 0.000990. The molecule has 1 atom stereocenters.